The summed E-state index contributed by atoms with van der Waals surface area (Å²) in [4.78, 5) is 0. The van der Waals surface area contributed by atoms with Gasteiger partial charge in [-0.25, -0.2) is 10.1 Å². The highest BCUT2D eigenvalue weighted by atomic mass is 35.5. The van der Waals surface area contributed by atoms with Crippen LogP contribution in [0.3, 0.4) is 0 Å². The lowest BCUT2D eigenvalue weighted by molar-refractivity contribution is 0.575. The zero-order valence-corrected chi connectivity index (χ0v) is 13.2. The van der Waals surface area contributed by atoms with Crippen molar-refractivity contribution < 1.29 is 4.42 Å². The lowest BCUT2D eigenvalue weighted by Gasteiger charge is -2.00. The van der Waals surface area contributed by atoms with E-state index in [1.807, 2.05) is 43.3 Å². The summed E-state index contributed by atoms with van der Waals surface area (Å²) in [7, 11) is 0. The maximum atomic E-state index is 5.98. The van der Waals surface area contributed by atoms with Crippen LogP contribution in [0, 0.1) is 0 Å². The number of hydrogen-bond acceptors (Lipinski definition) is 6. The van der Waals surface area contributed by atoms with Crippen LogP contribution in [0.5, 0.6) is 0 Å². The standard InChI is InChI=1S/C15H15ClN6O/c1-2-14-19-21-15(22(14)17)20-18-9-12-6-7-13(23-12)10-4-3-5-11(16)8-10/h3-9H,2,17H2,1H3,(H,20,21)/b18-9+. The molecule has 0 saturated heterocycles. The molecule has 0 amide bonds. The summed E-state index contributed by atoms with van der Waals surface area (Å²) < 4.78 is 7.06. The molecule has 3 rings (SSSR count). The molecular weight excluding hydrogens is 316 g/mol. The van der Waals surface area contributed by atoms with Crippen molar-refractivity contribution in [3.8, 4) is 11.3 Å². The monoisotopic (exact) mass is 330 g/mol. The van der Waals surface area contributed by atoms with Crippen molar-refractivity contribution >= 4 is 23.8 Å². The number of benzene rings is 1. The first-order valence-electron chi connectivity index (χ1n) is 7.01. The smallest absolute Gasteiger partial charge is 0.263 e. The topological polar surface area (TPSA) is 94.3 Å². The SMILES string of the molecule is CCc1nnc(N/N=C/c2ccc(-c3cccc(Cl)c3)o2)n1N. The summed E-state index contributed by atoms with van der Waals surface area (Å²) in [6.07, 6.45) is 2.23. The number of nitrogens with zero attached hydrogens (tertiary/aromatic N) is 4. The molecule has 2 heterocycles. The Kier molecular flexibility index (Phi) is 4.29. The molecule has 0 atom stereocenters. The van der Waals surface area contributed by atoms with Gasteiger partial charge in [-0.15, -0.1) is 10.2 Å². The van der Waals surface area contributed by atoms with Gasteiger partial charge in [0.2, 0.25) is 0 Å². The maximum absolute atomic E-state index is 5.98. The van der Waals surface area contributed by atoms with E-state index >= 15 is 0 Å². The largest absolute Gasteiger partial charge is 0.455 e. The molecule has 0 aliphatic heterocycles. The number of hydrogen-bond donors (Lipinski definition) is 2. The molecule has 118 valence electrons. The molecule has 0 saturated carbocycles. The molecule has 8 heteroatoms. The van der Waals surface area contributed by atoms with Crippen LogP contribution in [-0.2, 0) is 6.42 Å². The Hall–Kier alpha value is -2.80. The fourth-order valence-electron chi connectivity index (χ4n) is 2.01. The number of hydrazone groups is 1. The van der Waals surface area contributed by atoms with E-state index in [-0.39, 0.29) is 0 Å². The van der Waals surface area contributed by atoms with Crippen LogP contribution in [-0.4, -0.2) is 21.1 Å². The molecule has 1 aromatic carbocycles. The average molecular weight is 331 g/mol. The molecule has 2 aromatic heterocycles. The highest BCUT2D eigenvalue weighted by Gasteiger charge is 2.06. The molecule has 0 fully saturated rings. The van der Waals surface area contributed by atoms with Gasteiger partial charge in [-0.3, -0.25) is 0 Å². The molecule has 3 N–H and O–H groups in total. The van der Waals surface area contributed by atoms with E-state index in [4.69, 9.17) is 21.9 Å². The number of rotatable bonds is 5. The van der Waals surface area contributed by atoms with E-state index in [1.165, 1.54) is 10.9 Å². The van der Waals surface area contributed by atoms with E-state index in [0.717, 1.165) is 5.56 Å². The van der Waals surface area contributed by atoms with Crippen molar-refractivity contribution in [2.75, 3.05) is 11.3 Å². The lowest BCUT2D eigenvalue weighted by atomic mass is 10.2. The average Bonchev–Trinajstić information content (AvgIpc) is 3.15. The summed E-state index contributed by atoms with van der Waals surface area (Å²) in [5.74, 6) is 8.14. The predicted octanol–water partition coefficient (Wildman–Crippen LogP) is 2.91. The van der Waals surface area contributed by atoms with Gasteiger partial charge in [0.15, 0.2) is 5.82 Å². The first-order chi connectivity index (χ1) is 11.2. The van der Waals surface area contributed by atoms with Crippen LogP contribution < -0.4 is 11.3 Å². The minimum absolute atomic E-state index is 0.361. The Morgan fingerprint density at radius 1 is 1.35 bits per heavy atom. The molecule has 0 bridgehead atoms. The normalized spacial score (nSPS) is 11.2. The third kappa shape index (κ3) is 3.35. The van der Waals surface area contributed by atoms with Gasteiger partial charge < -0.3 is 10.3 Å². The fraction of sp³-hybridized carbons (Fsp3) is 0.133. The van der Waals surface area contributed by atoms with Gasteiger partial charge in [0.1, 0.15) is 11.5 Å². The Labute approximate surface area is 137 Å². The number of nitrogens with one attached hydrogen (secondary N) is 1. The summed E-state index contributed by atoms with van der Waals surface area (Å²) in [6.45, 7) is 1.95. The zero-order chi connectivity index (χ0) is 16.2. The van der Waals surface area contributed by atoms with Crippen LogP contribution in [0.2, 0.25) is 5.02 Å². The van der Waals surface area contributed by atoms with Crippen molar-refractivity contribution in [2.45, 2.75) is 13.3 Å². The van der Waals surface area contributed by atoms with E-state index in [9.17, 15) is 0 Å². The number of nitrogens with two attached hydrogens (primary N) is 1. The Bertz CT molecular complexity index is 838. The molecular formula is C15H15ClN6O. The maximum Gasteiger partial charge on any atom is 0.263 e. The van der Waals surface area contributed by atoms with Crippen LogP contribution in [0.4, 0.5) is 5.95 Å². The van der Waals surface area contributed by atoms with Gasteiger partial charge in [-0.05, 0) is 24.3 Å². The summed E-state index contributed by atoms with van der Waals surface area (Å²) in [5.41, 5.74) is 3.63. The molecule has 3 aromatic rings. The number of aryl methyl sites for hydroxylation is 1. The van der Waals surface area contributed by atoms with Crippen molar-refractivity contribution in [3.05, 3.63) is 53.0 Å². The molecule has 0 aliphatic carbocycles. The van der Waals surface area contributed by atoms with Gasteiger partial charge in [-0.2, -0.15) is 5.10 Å². The number of nitrogen functional groups attached to an aromatic ring is 1. The highest BCUT2D eigenvalue weighted by molar-refractivity contribution is 6.30. The third-order valence-electron chi connectivity index (χ3n) is 3.17. The second-order valence-corrected chi connectivity index (χ2v) is 5.18. The Morgan fingerprint density at radius 3 is 2.96 bits per heavy atom. The van der Waals surface area contributed by atoms with Crippen molar-refractivity contribution in [2.24, 2.45) is 5.10 Å². The molecule has 7 nitrogen and oxygen atoms in total. The second-order valence-electron chi connectivity index (χ2n) is 4.75. The number of furan rings is 1. The number of anilines is 1. The fourth-order valence-corrected chi connectivity index (χ4v) is 2.20. The summed E-state index contributed by atoms with van der Waals surface area (Å²) in [5, 5.41) is 12.5. The first kappa shape index (κ1) is 15.1. The van der Waals surface area contributed by atoms with Crippen molar-refractivity contribution in [1.29, 1.82) is 0 Å². The van der Waals surface area contributed by atoms with Crippen LogP contribution >= 0.6 is 11.6 Å². The summed E-state index contributed by atoms with van der Waals surface area (Å²) in [6, 6.07) is 11.1. The zero-order valence-electron chi connectivity index (χ0n) is 12.4. The number of aromatic nitrogens is 3. The number of halogens is 1. The van der Waals surface area contributed by atoms with Gasteiger partial charge >= 0.3 is 0 Å². The minimum Gasteiger partial charge on any atom is -0.455 e. The lowest BCUT2D eigenvalue weighted by Crippen LogP contribution is -2.14. The van der Waals surface area contributed by atoms with E-state index in [1.54, 1.807) is 0 Å². The molecule has 0 aliphatic rings. The van der Waals surface area contributed by atoms with Crippen LogP contribution in [0.15, 0.2) is 45.9 Å². The Balaban J connectivity index is 1.70. The van der Waals surface area contributed by atoms with Crippen molar-refractivity contribution in [3.63, 3.8) is 0 Å². The third-order valence-corrected chi connectivity index (χ3v) is 3.41. The molecule has 23 heavy (non-hydrogen) atoms. The summed E-state index contributed by atoms with van der Waals surface area (Å²) >= 11 is 5.98. The van der Waals surface area contributed by atoms with Crippen LogP contribution in [0.25, 0.3) is 11.3 Å². The highest BCUT2D eigenvalue weighted by Crippen LogP contribution is 2.24. The predicted molar refractivity (Wildman–Crippen MR) is 89.9 cm³/mol. The van der Waals surface area contributed by atoms with E-state index in [2.05, 4.69) is 20.7 Å². The molecule has 0 spiro atoms. The van der Waals surface area contributed by atoms with Gasteiger partial charge in [0, 0.05) is 17.0 Å². The second kappa shape index (κ2) is 6.53. The quantitative estimate of drug-likeness (QED) is 0.426. The van der Waals surface area contributed by atoms with Gasteiger partial charge in [-0.1, -0.05) is 30.7 Å². The molecule has 0 unspecified atom stereocenters. The van der Waals surface area contributed by atoms with Crippen LogP contribution in [0.1, 0.15) is 18.5 Å². The van der Waals surface area contributed by atoms with Gasteiger partial charge in [0.05, 0.1) is 6.21 Å². The minimum atomic E-state index is 0.361. The van der Waals surface area contributed by atoms with Gasteiger partial charge in [0.25, 0.3) is 5.95 Å². The molecule has 0 radical (unpaired) electrons. The van der Waals surface area contributed by atoms with Crippen molar-refractivity contribution in [1.82, 2.24) is 14.9 Å². The van der Waals surface area contributed by atoms with E-state index in [0.29, 0.717) is 34.7 Å². The Morgan fingerprint density at radius 2 is 2.22 bits per heavy atom. The first-order valence-corrected chi connectivity index (χ1v) is 7.39. The van der Waals surface area contributed by atoms with E-state index < -0.39 is 0 Å².